The van der Waals surface area contributed by atoms with Crippen molar-refractivity contribution in [3.63, 3.8) is 0 Å². The number of amides is 1. The average molecular weight is 426 g/mol. The van der Waals surface area contributed by atoms with Crippen molar-refractivity contribution in [2.24, 2.45) is 4.99 Å². The summed E-state index contributed by atoms with van der Waals surface area (Å²) in [5.41, 5.74) is 3.39. The summed E-state index contributed by atoms with van der Waals surface area (Å²) in [6.45, 7) is 10.3. The van der Waals surface area contributed by atoms with E-state index in [1.54, 1.807) is 6.07 Å². The highest BCUT2D eigenvalue weighted by molar-refractivity contribution is 5.92. The molecule has 3 N–H and O–H groups in total. The van der Waals surface area contributed by atoms with Crippen LogP contribution >= 0.6 is 0 Å². The highest BCUT2D eigenvalue weighted by atomic mass is 16.3. The van der Waals surface area contributed by atoms with Gasteiger partial charge in [0.15, 0.2) is 11.7 Å². The lowest BCUT2D eigenvalue weighted by atomic mass is 10.1. The number of furan rings is 1. The van der Waals surface area contributed by atoms with E-state index >= 15 is 0 Å². The third kappa shape index (κ3) is 6.51. The van der Waals surface area contributed by atoms with Crippen LogP contribution in [-0.4, -0.2) is 44.6 Å². The van der Waals surface area contributed by atoms with Crippen LogP contribution in [0.4, 0.5) is 5.69 Å². The van der Waals surface area contributed by atoms with Crippen LogP contribution in [0.2, 0.25) is 0 Å². The molecule has 1 aliphatic heterocycles. The molecule has 1 aromatic carbocycles. The summed E-state index contributed by atoms with van der Waals surface area (Å²) in [6, 6.07) is 10.7. The molecule has 168 valence electrons. The normalized spacial score (nSPS) is 15.1. The molecule has 7 heteroatoms. The SMILES string of the molecule is CCNC(=NCCCNC(=O)c1occc1C)NC(C)c1cccc(N2CCCC2)c1. The summed E-state index contributed by atoms with van der Waals surface area (Å²) >= 11 is 0. The molecule has 1 aromatic heterocycles. The maximum atomic E-state index is 12.1. The first-order valence-electron chi connectivity index (χ1n) is 11.3. The van der Waals surface area contributed by atoms with Crippen molar-refractivity contribution in [3.05, 3.63) is 53.5 Å². The topological polar surface area (TPSA) is 81.9 Å². The number of anilines is 1. The molecule has 1 saturated heterocycles. The first kappa shape index (κ1) is 22.7. The second-order valence-electron chi connectivity index (χ2n) is 7.96. The standard InChI is InChI=1S/C24H35N5O2/c1-4-25-24(27-13-8-12-26-23(30)22-18(2)11-16-31-22)28-19(3)20-9-7-10-21(17-20)29-14-5-6-15-29/h7,9-11,16-17,19H,4-6,8,12-15H2,1-3H3,(H,26,30)(H2,25,27,28). The molecule has 1 fully saturated rings. The smallest absolute Gasteiger partial charge is 0.287 e. The minimum atomic E-state index is -0.178. The van der Waals surface area contributed by atoms with E-state index in [1.807, 2.05) is 6.92 Å². The Kier molecular flexibility index (Phi) is 8.38. The molecule has 0 saturated carbocycles. The molecule has 2 aromatic rings. The zero-order valence-electron chi connectivity index (χ0n) is 18.9. The largest absolute Gasteiger partial charge is 0.459 e. The molecule has 0 radical (unpaired) electrons. The molecule has 1 unspecified atom stereocenters. The number of nitrogens with zero attached hydrogens (tertiary/aromatic N) is 2. The van der Waals surface area contributed by atoms with Crippen molar-refractivity contribution in [2.45, 2.75) is 46.1 Å². The van der Waals surface area contributed by atoms with Crippen LogP contribution < -0.4 is 20.9 Å². The van der Waals surface area contributed by atoms with Gasteiger partial charge in [0.1, 0.15) is 0 Å². The molecular weight excluding hydrogens is 390 g/mol. The number of carbonyl (C=O) groups excluding carboxylic acids is 1. The van der Waals surface area contributed by atoms with Crippen molar-refractivity contribution in [3.8, 4) is 0 Å². The molecule has 0 bridgehead atoms. The summed E-state index contributed by atoms with van der Waals surface area (Å²) in [5.74, 6) is 0.987. The third-order valence-electron chi connectivity index (χ3n) is 5.50. The van der Waals surface area contributed by atoms with Crippen LogP contribution in [0.5, 0.6) is 0 Å². The van der Waals surface area contributed by atoms with Gasteiger partial charge in [-0.05, 0) is 63.8 Å². The monoisotopic (exact) mass is 425 g/mol. The summed E-state index contributed by atoms with van der Waals surface area (Å²) in [5, 5.41) is 9.69. The highest BCUT2D eigenvalue weighted by Crippen LogP contribution is 2.23. The Labute approximate surface area is 185 Å². The van der Waals surface area contributed by atoms with E-state index in [0.29, 0.717) is 18.8 Å². The van der Waals surface area contributed by atoms with Crippen LogP contribution in [0, 0.1) is 6.92 Å². The second-order valence-corrected chi connectivity index (χ2v) is 7.96. The first-order valence-corrected chi connectivity index (χ1v) is 11.3. The predicted octanol–water partition coefficient (Wildman–Crippen LogP) is 3.62. The Morgan fingerprint density at radius 3 is 2.74 bits per heavy atom. The third-order valence-corrected chi connectivity index (χ3v) is 5.50. The quantitative estimate of drug-likeness (QED) is 0.325. The highest BCUT2D eigenvalue weighted by Gasteiger charge is 2.15. The van der Waals surface area contributed by atoms with E-state index in [1.165, 1.54) is 30.4 Å². The number of aliphatic imine (C=N–C) groups is 1. The number of aryl methyl sites for hydroxylation is 1. The van der Waals surface area contributed by atoms with Crippen molar-refractivity contribution < 1.29 is 9.21 Å². The van der Waals surface area contributed by atoms with Gasteiger partial charge in [-0.15, -0.1) is 0 Å². The Balaban J connectivity index is 1.49. The van der Waals surface area contributed by atoms with Crippen LogP contribution in [0.15, 0.2) is 46.0 Å². The minimum Gasteiger partial charge on any atom is -0.459 e. The van der Waals surface area contributed by atoms with Crippen molar-refractivity contribution in [1.29, 1.82) is 0 Å². The summed E-state index contributed by atoms with van der Waals surface area (Å²) in [4.78, 5) is 19.2. The van der Waals surface area contributed by atoms with E-state index < -0.39 is 0 Å². The molecule has 2 heterocycles. The maximum absolute atomic E-state index is 12.1. The Bertz CT molecular complexity index is 870. The Morgan fingerprint density at radius 2 is 2.03 bits per heavy atom. The summed E-state index contributed by atoms with van der Waals surface area (Å²) in [6.07, 6.45) is 4.83. The zero-order chi connectivity index (χ0) is 22.1. The van der Waals surface area contributed by atoms with Gasteiger partial charge >= 0.3 is 0 Å². The number of rotatable bonds is 9. The second kappa shape index (κ2) is 11.4. The summed E-state index contributed by atoms with van der Waals surface area (Å²) in [7, 11) is 0. The molecule has 3 rings (SSSR count). The molecular formula is C24H35N5O2. The van der Waals surface area contributed by atoms with Gasteiger partial charge in [-0.25, -0.2) is 0 Å². The lowest BCUT2D eigenvalue weighted by Crippen LogP contribution is -2.39. The fourth-order valence-electron chi connectivity index (χ4n) is 3.73. The Hall–Kier alpha value is -2.96. The number of benzene rings is 1. The molecule has 1 aliphatic rings. The van der Waals surface area contributed by atoms with E-state index in [0.717, 1.165) is 37.6 Å². The van der Waals surface area contributed by atoms with Gasteiger partial charge in [0, 0.05) is 44.0 Å². The van der Waals surface area contributed by atoms with Gasteiger partial charge < -0.3 is 25.3 Å². The lowest BCUT2D eigenvalue weighted by molar-refractivity contribution is 0.0925. The Morgan fingerprint density at radius 1 is 1.23 bits per heavy atom. The van der Waals surface area contributed by atoms with Crippen LogP contribution in [-0.2, 0) is 0 Å². The van der Waals surface area contributed by atoms with Crippen LogP contribution in [0.25, 0.3) is 0 Å². The van der Waals surface area contributed by atoms with Crippen LogP contribution in [0.3, 0.4) is 0 Å². The lowest BCUT2D eigenvalue weighted by Gasteiger charge is -2.22. The minimum absolute atomic E-state index is 0.141. The van der Waals surface area contributed by atoms with E-state index in [9.17, 15) is 4.79 Å². The molecule has 1 amide bonds. The molecule has 7 nitrogen and oxygen atoms in total. The number of hydrogen-bond acceptors (Lipinski definition) is 4. The van der Waals surface area contributed by atoms with Gasteiger partial charge in [-0.1, -0.05) is 12.1 Å². The zero-order valence-corrected chi connectivity index (χ0v) is 18.9. The van der Waals surface area contributed by atoms with Crippen LogP contribution in [0.1, 0.15) is 60.8 Å². The average Bonchev–Trinajstić information content (AvgIpc) is 3.45. The molecule has 1 atom stereocenters. The van der Waals surface area contributed by atoms with E-state index in [-0.39, 0.29) is 11.9 Å². The fraction of sp³-hybridized carbons (Fsp3) is 0.500. The first-order chi connectivity index (χ1) is 15.1. The van der Waals surface area contributed by atoms with E-state index in [4.69, 9.17) is 4.42 Å². The number of nitrogens with one attached hydrogen (secondary N) is 3. The summed E-state index contributed by atoms with van der Waals surface area (Å²) < 4.78 is 5.22. The molecule has 0 aliphatic carbocycles. The number of guanidine groups is 1. The van der Waals surface area contributed by atoms with Crippen molar-refractivity contribution >= 4 is 17.6 Å². The van der Waals surface area contributed by atoms with Gasteiger partial charge in [-0.3, -0.25) is 9.79 Å². The number of carbonyl (C=O) groups is 1. The van der Waals surface area contributed by atoms with Crippen molar-refractivity contribution in [1.82, 2.24) is 16.0 Å². The van der Waals surface area contributed by atoms with Crippen molar-refractivity contribution in [2.75, 3.05) is 37.6 Å². The molecule has 0 spiro atoms. The maximum Gasteiger partial charge on any atom is 0.287 e. The number of hydrogen-bond donors (Lipinski definition) is 3. The fourth-order valence-corrected chi connectivity index (χ4v) is 3.73. The van der Waals surface area contributed by atoms with Gasteiger partial charge in [0.05, 0.1) is 12.3 Å². The molecule has 31 heavy (non-hydrogen) atoms. The van der Waals surface area contributed by atoms with E-state index in [2.05, 4.69) is 64.0 Å². The van der Waals surface area contributed by atoms with Gasteiger partial charge in [0.25, 0.3) is 5.91 Å². The predicted molar refractivity (Wildman–Crippen MR) is 126 cm³/mol. The van der Waals surface area contributed by atoms with Gasteiger partial charge in [-0.2, -0.15) is 0 Å². The van der Waals surface area contributed by atoms with Gasteiger partial charge in [0.2, 0.25) is 0 Å².